The molecular formula is C21H23N3O3. The molecule has 140 valence electrons. The molecule has 27 heavy (non-hydrogen) atoms. The molecule has 3 aromatic rings. The zero-order valence-corrected chi connectivity index (χ0v) is 15.7. The second kappa shape index (κ2) is 7.95. The van der Waals surface area contributed by atoms with Gasteiger partial charge in [-0.15, -0.1) is 0 Å². The van der Waals surface area contributed by atoms with E-state index in [1.165, 1.54) is 0 Å². The Balaban J connectivity index is 1.54. The Morgan fingerprint density at radius 3 is 2.37 bits per heavy atom. The molecule has 2 aromatic heterocycles. The molecule has 1 aromatic carbocycles. The molecule has 0 bridgehead atoms. The second-order valence-corrected chi connectivity index (χ2v) is 7.05. The van der Waals surface area contributed by atoms with Crippen molar-refractivity contribution >= 4 is 6.09 Å². The summed E-state index contributed by atoms with van der Waals surface area (Å²) in [6.45, 7) is 5.88. The first kappa shape index (κ1) is 18.5. The number of ether oxygens (including phenoxy) is 2. The summed E-state index contributed by atoms with van der Waals surface area (Å²) < 4.78 is 13.0. The Hall–Kier alpha value is -3.28. The number of rotatable bonds is 5. The van der Waals surface area contributed by atoms with Gasteiger partial charge in [-0.3, -0.25) is 0 Å². The van der Waals surface area contributed by atoms with Crippen LogP contribution in [0.1, 0.15) is 26.3 Å². The minimum Gasteiger partial charge on any atom is -0.444 e. The Morgan fingerprint density at radius 2 is 1.78 bits per heavy atom. The highest BCUT2D eigenvalue weighted by atomic mass is 16.6. The third kappa shape index (κ3) is 5.60. The maximum atomic E-state index is 11.7. The Morgan fingerprint density at radius 1 is 1.07 bits per heavy atom. The van der Waals surface area contributed by atoms with Gasteiger partial charge >= 0.3 is 6.09 Å². The molecule has 0 spiro atoms. The summed E-state index contributed by atoms with van der Waals surface area (Å²) in [6, 6.07) is 15.2. The number of pyridine rings is 1. The van der Waals surface area contributed by atoms with Gasteiger partial charge in [0, 0.05) is 25.0 Å². The number of nitrogens with one attached hydrogen (secondary N) is 1. The van der Waals surface area contributed by atoms with Gasteiger partial charge in [0.1, 0.15) is 11.4 Å². The number of benzene rings is 1. The van der Waals surface area contributed by atoms with E-state index < -0.39 is 11.7 Å². The highest BCUT2D eigenvalue weighted by Crippen LogP contribution is 2.21. The van der Waals surface area contributed by atoms with Crippen LogP contribution in [0.5, 0.6) is 11.6 Å². The Kier molecular flexibility index (Phi) is 5.45. The lowest BCUT2D eigenvalue weighted by molar-refractivity contribution is 0.0523. The van der Waals surface area contributed by atoms with Crippen LogP contribution in [0.25, 0.3) is 5.69 Å². The minimum absolute atomic E-state index is 0.388. The Labute approximate surface area is 158 Å². The number of nitrogens with zero attached hydrogens (tertiary/aromatic N) is 2. The van der Waals surface area contributed by atoms with Gasteiger partial charge in [0.15, 0.2) is 0 Å². The van der Waals surface area contributed by atoms with Crippen molar-refractivity contribution in [3.63, 3.8) is 0 Å². The maximum absolute atomic E-state index is 11.7. The molecule has 6 nitrogen and oxygen atoms in total. The molecule has 0 aliphatic heterocycles. The molecule has 0 atom stereocenters. The number of hydrogen-bond acceptors (Lipinski definition) is 4. The molecule has 1 N–H and O–H groups in total. The first-order valence-corrected chi connectivity index (χ1v) is 8.72. The highest BCUT2D eigenvalue weighted by Gasteiger charge is 2.15. The SMILES string of the molecule is CC(C)(C)OC(=O)NCc1ccc(Oc2ccc(-n3cccc3)cn2)cc1. The topological polar surface area (TPSA) is 65.4 Å². The summed E-state index contributed by atoms with van der Waals surface area (Å²) in [5.41, 5.74) is 1.41. The van der Waals surface area contributed by atoms with Crippen LogP contribution >= 0.6 is 0 Å². The molecule has 0 saturated heterocycles. The fourth-order valence-electron chi connectivity index (χ4n) is 2.38. The van der Waals surface area contributed by atoms with Crippen molar-refractivity contribution in [3.05, 3.63) is 72.7 Å². The predicted octanol–water partition coefficient (Wildman–Crippen LogP) is 4.69. The standard InChI is InChI=1S/C21H23N3O3/c1-21(2,3)27-20(25)23-14-16-6-9-18(10-7-16)26-19-11-8-17(15-22-19)24-12-4-5-13-24/h4-13,15H,14H2,1-3H3,(H,23,25). The molecule has 2 heterocycles. The predicted molar refractivity (Wildman–Crippen MR) is 103 cm³/mol. The second-order valence-electron chi connectivity index (χ2n) is 7.05. The molecule has 0 radical (unpaired) electrons. The monoisotopic (exact) mass is 365 g/mol. The van der Waals surface area contributed by atoms with Gasteiger partial charge in [-0.05, 0) is 56.7 Å². The lowest BCUT2D eigenvalue weighted by atomic mass is 10.2. The first-order valence-electron chi connectivity index (χ1n) is 8.72. The third-order valence-corrected chi connectivity index (χ3v) is 3.60. The zero-order valence-electron chi connectivity index (χ0n) is 15.7. The lowest BCUT2D eigenvalue weighted by Crippen LogP contribution is -2.32. The molecule has 0 fully saturated rings. The Bertz CT molecular complexity index is 865. The van der Waals surface area contributed by atoms with Crippen LogP contribution in [0, 0.1) is 0 Å². The number of hydrogen-bond donors (Lipinski definition) is 1. The molecule has 0 unspecified atom stereocenters. The van der Waals surface area contributed by atoms with E-state index >= 15 is 0 Å². The minimum atomic E-state index is -0.508. The molecule has 0 aliphatic carbocycles. The molecule has 1 amide bonds. The van der Waals surface area contributed by atoms with E-state index in [9.17, 15) is 4.79 Å². The van der Waals surface area contributed by atoms with E-state index in [0.29, 0.717) is 18.2 Å². The maximum Gasteiger partial charge on any atom is 0.407 e. The van der Waals surface area contributed by atoms with Crippen molar-refractivity contribution < 1.29 is 14.3 Å². The van der Waals surface area contributed by atoms with Gasteiger partial charge in [-0.2, -0.15) is 0 Å². The summed E-state index contributed by atoms with van der Waals surface area (Å²) >= 11 is 0. The van der Waals surface area contributed by atoms with Crippen LogP contribution in [0.3, 0.4) is 0 Å². The van der Waals surface area contributed by atoms with E-state index in [4.69, 9.17) is 9.47 Å². The average molecular weight is 365 g/mol. The van der Waals surface area contributed by atoms with E-state index in [1.54, 1.807) is 6.20 Å². The van der Waals surface area contributed by atoms with Crippen molar-refractivity contribution in [3.8, 4) is 17.3 Å². The van der Waals surface area contributed by atoms with Crippen LogP contribution < -0.4 is 10.1 Å². The van der Waals surface area contributed by atoms with Gasteiger partial charge in [0.2, 0.25) is 5.88 Å². The van der Waals surface area contributed by atoms with Crippen molar-refractivity contribution in [2.75, 3.05) is 0 Å². The number of aromatic nitrogens is 2. The number of amides is 1. The van der Waals surface area contributed by atoms with Gasteiger partial charge in [0.25, 0.3) is 0 Å². The molecule has 0 saturated carbocycles. The van der Waals surface area contributed by atoms with Crippen molar-refractivity contribution in [1.82, 2.24) is 14.9 Å². The van der Waals surface area contributed by atoms with Crippen LogP contribution in [0.15, 0.2) is 67.1 Å². The fraction of sp³-hybridized carbons (Fsp3) is 0.238. The van der Waals surface area contributed by atoms with Crippen LogP contribution in [-0.4, -0.2) is 21.2 Å². The normalized spacial score (nSPS) is 11.1. The summed E-state index contributed by atoms with van der Waals surface area (Å²) in [5.74, 6) is 1.20. The van der Waals surface area contributed by atoms with Crippen LogP contribution in [0.2, 0.25) is 0 Å². The van der Waals surface area contributed by atoms with Gasteiger partial charge in [-0.25, -0.2) is 9.78 Å². The van der Waals surface area contributed by atoms with E-state index in [-0.39, 0.29) is 0 Å². The van der Waals surface area contributed by atoms with Gasteiger partial charge < -0.3 is 19.4 Å². The molecule has 0 aliphatic rings. The molecule has 3 rings (SSSR count). The summed E-state index contributed by atoms with van der Waals surface area (Å²) in [6.07, 6.45) is 5.24. The molecular weight excluding hydrogens is 342 g/mol. The van der Waals surface area contributed by atoms with Crippen LogP contribution in [-0.2, 0) is 11.3 Å². The third-order valence-electron chi connectivity index (χ3n) is 3.60. The fourth-order valence-corrected chi connectivity index (χ4v) is 2.38. The highest BCUT2D eigenvalue weighted by molar-refractivity contribution is 5.67. The largest absolute Gasteiger partial charge is 0.444 e. The number of carbonyl (C=O) groups is 1. The quantitative estimate of drug-likeness (QED) is 0.712. The van der Waals surface area contributed by atoms with Crippen LogP contribution in [0.4, 0.5) is 4.79 Å². The van der Waals surface area contributed by atoms with Gasteiger partial charge in [0.05, 0.1) is 11.9 Å². The van der Waals surface area contributed by atoms with E-state index in [2.05, 4.69) is 10.3 Å². The zero-order chi connectivity index (χ0) is 19.3. The number of carbonyl (C=O) groups excluding carboxylic acids is 1. The lowest BCUT2D eigenvalue weighted by Gasteiger charge is -2.19. The van der Waals surface area contributed by atoms with E-state index in [1.807, 2.05) is 86.3 Å². The van der Waals surface area contributed by atoms with Crippen molar-refractivity contribution in [2.24, 2.45) is 0 Å². The van der Waals surface area contributed by atoms with Crippen molar-refractivity contribution in [1.29, 1.82) is 0 Å². The number of alkyl carbamates (subject to hydrolysis) is 1. The average Bonchev–Trinajstić information content (AvgIpc) is 3.15. The smallest absolute Gasteiger partial charge is 0.407 e. The molecule has 6 heteroatoms. The van der Waals surface area contributed by atoms with E-state index in [0.717, 1.165) is 11.3 Å². The summed E-state index contributed by atoms with van der Waals surface area (Å²) in [5, 5.41) is 2.73. The summed E-state index contributed by atoms with van der Waals surface area (Å²) in [4.78, 5) is 16.0. The van der Waals surface area contributed by atoms with Gasteiger partial charge in [-0.1, -0.05) is 12.1 Å². The first-order chi connectivity index (χ1) is 12.9. The van der Waals surface area contributed by atoms with Crippen molar-refractivity contribution in [2.45, 2.75) is 32.9 Å². The summed E-state index contributed by atoms with van der Waals surface area (Å²) in [7, 11) is 0.